The Balaban J connectivity index is 2.28. The fourth-order valence-electron chi connectivity index (χ4n) is 4.37. The molecule has 1 aliphatic rings. The molecule has 0 N–H and O–H groups in total. The minimum Gasteiger partial charge on any atom is -0.324 e. The summed E-state index contributed by atoms with van der Waals surface area (Å²) in [7, 11) is 1.85. The van der Waals surface area contributed by atoms with E-state index in [1.807, 2.05) is 47.2 Å². The van der Waals surface area contributed by atoms with E-state index in [0.717, 1.165) is 25.7 Å². The molecule has 0 saturated carbocycles. The van der Waals surface area contributed by atoms with Gasteiger partial charge in [-0.25, -0.2) is 0 Å². The molecule has 0 radical (unpaired) electrons. The quantitative estimate of drug-likeness (QED) is 0.719. The van der Waals surface area contributed by atoms with Gasteiger partial charge in [0.15, 0.2) is 0 Å². The SMILES string of the molecule is CCC(CC)CC[C@H]1CN(C(=O)c2ccccc2)[C@@H](C(C)(C)C)N(C)C1=O. The molecule has 0 aromatic heterocycles. The van der Waals surface area contributed by atoms with Crippen LogP contribution in [-0.4, -0.2) is 41.4 Å². The van der Waals surface area contributed by atoms with Crippen LogP contribution in [0.15, 0.2) is 30.3 Å². The number of amides is 2. The third kappa shape index (κ3) is 4.91. The molecule has 2 rings (SSSR count). The van der Waals surface area contributed by atoms with Gasteiger partial charge in [-0.2, -0.15) is 0 Å². The smallest absolute Gasteiger partial charge is 0.255 e. The van der Waals surface area contributed by atoms with E-state index in [9.17, 15) is 9.59 Å². The number of rotatable bonds is 6. The zero-order chi connectivity index (χ0) is 20.2. The zero-order valence-corrected chi connectivity index (χ0v) is 17.9. The van der Waals surface area contributed by atoms with Crippen LogP contribution in [0.3, 0.4) is 0 Å². The molecule has 0 unspecified atom stereocenters. The third-order valence-electron chi connectivity index (χ3n) is 5.91. The van der Waals surface area contributed by atoms with Gasteiger partial charge in [-0.15, -0.1) is 0 Å². The van der Waals surface area contributed by atoms with Crippen LogP contribution in [0.5, 0.6) is 0 Å². The lowest BCUT2D eigenvalue weighted by atomic mass is 9.84. The third-order valence-corrected chi connectivity index (χ3v) is 5.91. The predicted molar refractivity (Wildman–Crippen MR) is 110 cm³/mol. The number of nitrogens with zero attached hydrogens (tertiary/aromatic N) is 2. The standard InChI is InChI=1S/C23H36N2O2/c1-7-17(8-2)14-15-19-16-25(21(27)18-12-10-9-11-13-18)22(23(3,4)5)24(6)20(19)26/h9-13,17,19,22H,7-8,14-16H2,1-6H3/t19-,22-/m0/s1. The Hall–Kier alpha value is -1.84. The minimum absolute atomic E-state index is 0.0161. The molecule has 1 aromatic carbocycles. The largest absolute Gasteiger partial charge is 0.324 e. The normalized spacial score (nSPS) is 21.1. The lowest BCUT2D eigenvalue weighted by molar-refractivity contribution is -0.152. The molecular weight excluding hydrogens is 336 g/mol. The highest BCUT2D eigenvalue weighted by atomic mass is 16.2. The van der Waals surface area contributed by atoms with Crippen LogP contribution in [0.4, 0.5) is 0 Å². The molecule has 4 nitrogen and oxygen atoms in total. The lowest BCUT2D eigenvalue weighted by Gasteiger charge is -2.50. The first kappa shape index (κ1) is 21.5. The van der Waals surface area contributed by atoms with Gasteiger partial charge in [-0.05, 0) is 30.9 Å². The highest BCUT2D eigenvalue weighted by Crippen LogP contribution is 2.34. The van der Waals surface area contributed by atoms with Gasteiger partial charge in [-0.3, -0.25) is 9.59 Å². The molecule has 27 heavy (non-hydrogen) atoms. The average Bonchev–Trinajstić information content (AvgIpc) is 2.64. The monoisotopic (exact) mass is 372 g/mol. The second-order valence-corrected chi connectivity index (χ2v) is 8.97. The Morgan fingerprint density at radius 3 is 2.26 bits per heavy atom. The summed E-state index contributed by atoms with van der Waals surface area (Å²) >= 11 is 0. The van der Waals surface area contributed by atoms with Crippen LogP contribution < -0.4 is 0 Å². The highest BCUT2D eigenvalue weighted by Gasteiger charge is 2.45. The molecule has 0 bridgehead atoms. The van der Waals surface area contributed by atoms with E-state index < -0.39 is 0 Å². The van der Waals surface area contributed by atoms with Crippen molar-refractivity contribution in [3.05, 3.63) is 35.9 Å². The Morgan fingerprint density at radius 1 is 1.15 bits per heavy atom. The lowest BCUT2D eigenvalue weighted by Crippen LogP contribution is -2.64. The first-order chi connectivity index (χ1) is 12.7. The summed E-state index contributed by atoms with van der Waals surface area (Å²) in [6, 6.07) is 9.42. The van der Waals surface area contributed by atoms with Crippen LogP contribution in [0.25, 0.3) is 0 Å². The van der Waals surface area contributed by atoms with Crippen molar-refractivity contribution in [1.82, 2.24) is 9.80 Å². The van der Waals surface area contributed by atoms with Crippen LogP contribution >= 0.6 is 0 Å². The molecule has 1 fully saturated rings. The van der Waals surface area contributed by atoms with Crippen molar-refractivity contribution in [2.75, 3.05) is 13.6 Å². The molecule has 4 heteroatoms. The van der Waals surface area contributed by atoms with Crippen molar-refractivity contribution in [3.8, 4) is 0 Å². The summed E-state index contributed by atoms with van der Waals surface area (Å²) in [6.45, 7) is 11.2. The zero-order valence-electron chi connectivity index (χ0n) is 17.9. The van der Waals surface area contributed by atoms with Gasteiger partial charge in [0, 0.05) is 24.6 Å². The molecule has 2 amide bonds. The van der Waals surface area contributed by atoms with Gasteiger partial charge >= 0.3 is 0 Å². The fraction of sp³-hybridized carbons (Fsp3) is 0.652. The van der Waals surface area contributed by atoms with E-state index in [1.165, 1.54) is 0 Å². The second kappa shape index (κ2) is 8.90. The maximum atomic E-state index is 13.3. The molecule has 0 spiro atoms. The first-order valence-corrected chi connectivity index (χ1v) is 10.3. The summed E-state index contributed by atoms with van der Waals surface area (Å²) in [5, 5.41) is 0. The Labute approximate surface area is 164 Å². The van der Waals surface area contributed by atoms with Gasteiger partial charge in [0.1, 0.15) is 6.17 Å². The van der Waals surface area contributed by atoms with Crippen molar-refractivity contribution in [1.29, 1.82) is 0 Å². The van der Waals surface area contributed by atoms with E-state index in [4.69, 9.17) is 0 Å². The van der Waals surface area contributed by atoms with Crippen LogP contribution in [0.2, 0.25) is 0 Å². The van der Waals surface area contributed by atoms with E-state index in [-0.39, 0.29) is 29.3 Å². The van der Waals surface area contributed by atoms with Crippen LogP contribution in [0.1, 0.15) is 70.7 Å². The summed E-state index contributed by atoms with van der Waals surface area (Å²) in [5.74, 6) is 0.740. The number of carbonyl (C=O) groups excluding carboxylic acids is 2. The van der Waals surface area contributed by atoms with Crippen molar-refractivity contribution >= 4 is 11.8 Å². The average molecular weight is 373 g/mol. The molecular formula is C23H36N2O2. The van der Waals surface area contributed by atoms with Gasteiger partial charge in [0.05, 0.1) is 5.92 Å². The van der Waals surface area contributed by atoms with Crippen molar-refractivity contribution in [3.63, 3.8) is 0 Å². The number of hydrogen-bond acceptors (Lipinski definition) is 2. The summed E-state index contributed by atoms with van der Waals surface area (Å²) in [4.78, 5) is 30.1. The van der Waals surface area contributed by atoms with E-state index in [0.29, 0.717) is 18.0 Å². The van der Waals surface area contributed by atoms with Crippen molar-refractivity contribution in [2.24, 2.45) is 17.3 Å². The highest BCUT2D eigenvalue weighted by molar-refractivity contribution is 5.95. The fourth-order valence-corrected chi connectivity index (χ4v) is 4.37. The molecule has 1 saturated heterocycles. The number of carbonyl (C=O) groups is 2. The van der Waals surface area contributed by atoms with Gasteiger partial charge in [0.2, 0.25) is 5.91 Å². The molecule has 0 aliphatic carbocycles. The molecule has 1 aliphatic heterocycles. The molecule has 1 heterocycles. The molecule has 150 valence electrons. The minimum atomic E-state index is -0.234. The maximum absolute atomic E-state index is 13.3. The second-order valence-electron chi connectivity index (χ2n) is 8.97. The Kier molecular flexibility index (Phi) is 7.07. The van der Waals surface area contributed by atoms with E-state index >= 15 is 0 Å². The summed E-state index contributed by atoms with van der Waals surface area (Å²) in [6.07, 6.45) is 3.95. The number of benzene rings is 1. The number of hydrogen-bond donors (Lipinski definition) is 0. The maximum Gasteiger partial charge on any atom is 0.255 e. The van der Waals surface area contributed by atoms with Crippen LogP contribution in [-0.2, 0) is 4.79 Å². The molecule has 1 aromatic rings. The van der Waals surface area contributed by atoms with Gasteiger partial charge < -0.3 is 9.80 Å². The van der Waals surface area contributed by atoms with E-state index in [2.05, 4.69) is 34.6 Å². The Morgan fingerprint density at radius 2 is 1.74 bits per heavy atom. The first-order valence-electron chi connectivity index (χ1n) is 10.3. The van der Waals surface area contributed by atoms with Crippen LogP contribution in [0, 0.1) is 17.3 Å². The van der Waals surface area contributed by atoms with Gasteiger partial charge in [0.25, 0.3) is 5.91 Å². The van der Waals surface area contributed by atoms with Crippen molar-refractivity contribution < 1.29 is 9.59 Å². The summed E-state index contributed by atoms with van der Waals surface area (Å²) < 4.78 is 0. The molecule has 2 atom stereocenters. The van der Waals surface area contributed by atoms with Gasteiger partial charge in [-0.1, -0.05) is 65.7 Å². The summed E-state index contributed by atoms with van der Waals surface area (Å²) in [5.41, 5.74) is 0.475. The van der Waals surface area contributed by atoms with E-state index in [1.54, 1.807) is 0 Å². The topological polar surface area (TPSA) is 40.6 Å². The predicted octanol–water partition coefficient (Wildman–Crippen LogP) is 4.81. The Bertz CT molecular complexity index is 632. The van der Waals surface area contributed by atoms with Crippen molar-refractivity contribution in [2.45, 2.75) is 66.5 Å².